The van der Waals surface area contributed by atoms with Crippen molar-refractivity contribution in [1.29, 1.82) is 0 Å². The van der Waals surface area contributed by atoms with Crippen molar-refractivity contribution in [3.63, 3.8) is 0 Å². The molecule has 1 aliphatic heterocycles. The van der Waals surface area contributed by atoms with Gasteiger partial charge in [0.15, 0.2) is 0 Å². The molecule has 1 heterocycles. The van der Waals surface area contributed by atoms with Gasteiger partial charge in [0.05, 0.1) is 5.60 Å². The molecule has 4 heteroatoms. The Balaban J connectivity index is 2.29. The Morgan fingerprint density at radius 2 is 2.24 bits per heavy atom. The fraction of sp³-hybridized carbons (Fsp3) is 0.538. The van der Waals surface area contributed by atoms with Crippen LogP contribution in [-0.4, -0.2) is 17.3 Å². The lowest BCUT2D eigenvalue weighted by atomic mass is 9.86. The van der Waals surface area contributed by atoms with Crippen molar-refractivity contribution < 1.29 is 14.2 Å². The van der Waals surface area contributed by atoms with E-state index < -0.39 is 17.5 Å². The fourth-order valence-electron chi connectivity index (χ4n) is 2.22. The molecule has 2 rings (SSSR count). The molecule has 17 heavy (non-hydrogen) atoms. The Kier molecular flexibility index (Phi) is 3.71. The topological polar surface area (TPSA) is 29.5 Å². The van der Waals surface area contributed by atoms with E-state index in [1.54, 1.807) is 0 Å². The Morgan fingerprint density at radius 3 is 2.88 bits per heavy atom. The van der Waals surface area contributed by atoms with Crippen LogP contribution in [0.15, 0.2) is 18.2 Å². The lowest BCUT2D eigenvalue weighted by Crippen LogP contribution is -2.39. The summed E-state index contributed by atoms with van der Waals surface area (Å²) in [6.07, 6.45) is 1.85. The zero-order valence-electron chi connectivity index (χ0n) is 9.75. The van der Waals surface area contributed by atoms with Crippen LogP contribution in [0.3, 0.4) is 0 Å². The third-order valence-corrected chi connectivity index (χ3v) is 3.67. The Morgan fingerprint density at radius 1 is 1.47 bits per heavy atom. The Bertz CT molecular complexity index is 402. The van der Waals surface area contributed by atoms with Crippen molar-refractivity contribution in [2.45, 2.75) is 37.9 Å². The van der Waals surface area contributed by atoms with Crippen molar-refractivity contribution in [2.75, 3.05) is 6.61 Å². The predicted octanol–water partition coefficient (Wildman–Crippen LogP) is 3.47. The molecule has 0 radical (unpaired) electrons. The van der Waals surface area contributed by atoms with Gasteiger partial charge >= 0.3 is 0 Å². The molecule has 1 N–H and O–H groups in total. The van der Waals surface area contributed by atoms with Gasteiger partial charge in [-0.1, -0.05) is 11.6 Å². The molecule has 94 valence electrons. The summed E-state index contributed by atoms with van der Waals surface area (Å²) < 4.78 is 18.8. The van der Waals surface area contributed by atoms with Crippen LogP contribution < -0.4 is 0 Å². The van der Waals surface area contributed by atoms with Crippen molar-refractivity contribution in [2.24, 2.45) is 0 Å². The van der Waals surface area contributed by atoms with E-state index in [1.165, 1.54) is 18.2 Å². The van der Waals surface area contributed by atoms with Crippen molar-refractivity contribution in [3.8, 4) is 0 Å². The maximum absolute atomic E-state index is 13.2. The van der Waals surface area contributed by atoms with Crippen LogP contribution in [0.1, 0.15) is 37.9 Å². The van der Waals surface area contributed by atoms with Gasteiger partial charge in [0.1, 0.15) is 11.9 Å². The lowest BCUT2D eigenvalue weighted by Gasteiger charge is -2.38. The first-order valence-electron chi connectivity index (χ1n) is 5.80. The molecule has 2 unspecified atom stereocenters. The first-order valence-corrected chi connectivity index (χ1v) is 6.18. The van der Waals surface area contributed by atoms with E-state index in [1.807, 2.05) is 6.92 Å². The summed E-state index contributed by atoms with van der Waals surface area (Å²) >= 11 is 5.99. The van der Waals surface area contributed by atoms with E-state index in [0.29, 0.717) is 17.2 Å². The second-order valence-corrected chi connectivity index (χ2v) is 5.09. The molecule has 0 bridgehead atoms. The summed E-state index contributed by atoms with van der Waals surface area (Å²) in [4.78, 5) is 0. The summed E-state index contributed by atoms with van der Waals surface area (Å²) in [5.41, 5.74) is -0.272. The zero-order chi connectivity index (χ0) is 12.5. The summed E-state index contributed by atoms with van der Waals surface area (Å²) in [7, 11) is 0. The highest BCUT2D eigenvalue weighted by atomic mass is 35.5. The molecule has 2 atom stereocenters. The average Bonchev–Trinajstić information content (AvgIpc) is 2.32. The van der Waals surface area contributed by atoms with Crippen LogP contribution >= 0.6 is 11.6 Å². The minimum absolute atomic E-state index is 0.370. The maximum Gasteiger partial charge on any atom is 0.123 e. The Hall–Kier alpha value is -0.640. The summed E-state index contributed by atoms with van der Waals surface area (Å²) in [5.74, 6) is -0.400. The summed E-state index contributed by atoms with van der Waals surface area (Å²) in [6, 6.07) is 4.01. The van der Waals surface area contributed by atoms with Gasteiger partial charge in [0, 0.05) is 17.2 Å². The fourth-order valence-corrected chi connectivity index (χ4v) is 2.45. The normalized spacial score (nSPS) is 26.8. The first kappa shape index (κ1) is 12.8. The number of hydrogen-bond donors (Lipinski definition) is 1. The summed E-state index contributed by atoms with van der Waals surface area (Å²) in [5, 5.41) is 10.7. The third kappa shape index (κ3) is 2.62. The van der Waals surface area contributed by atoms with Crippen LogP contribution in [0.25, 0.3) is 0 Å². The minimum atomic E-state index is -0.897. The van der Waals surface area contributed by atoms with Gasteiger partial charge < -0.3 is 9.84 Å². The quantitative estimate of drug-likeness (QED) is 0.880. The third-order valence-electron chi connectivity index (χ3n) is 3.33. The van der Waals surface area contributed by atoms with Gasteiger partial charge in [-0.25, -0.2) is 4.39 Å². The molecule has 0 saturated carbocycles. The number of aliphatic hydroxyl groups excluding tert-OH is 1. The molecule has 0 aliphatic carbocycles. The first-order chi connectivity index (χ1) is 8.03. The Labute approximate surface area is 105 Å². The van der Waals surface area contributed by atoms with E-state index in [2.05, 4.69) is 0 Å². The molecule has 1 aliphatic rings. The van der Waals surface area contributed by atoms with E-state index in [0.717, 1.165) is 19.3 Å². The van der Waals surface area contributed by atoms with Gasteiger partial charge in [-0.15, -0.1) is 0 Å². The highest BCUT2D eigenvalue weighted by molar-refractivity contribution is 6.31. The largest absolute Gasteiger partial charge is 0.385 e. The van der Waals surface area contributed by atoms with Gasteiger partial charge in [0.25, 0.3) is 0 Å². The number of benzene rings is 1. The predicted molar refractivity (Wildman–Crippen MR) is 64.6 cm³/mol. The van der Waals surface area contributed by atoms with Gasteiger partial charge in [-0.05, 0) is 44.4 Å². The van der Waals surface area contributed by atoms with E-state index in [-0.39, 0.29) is 0 Å². The van der Waals surface area contributed by atoms with Gasteiger partial charge in [-0.3, -0.25) is 0 Å². The number of halogens is 2. The van der Waals surface area contributed by atoms with Crippen LogP contribution in [0.2, 0.25) is 5.02 Å². The van der Waals surface area contributed by atoms with Crippen LogP contribution in [-0.2, 0) is 4.74 Å². The van der Waals surface area contributed by atoms with Crippen molar-refractivity contribution in [3.05, 3.63) is 34.6 Å². The lowest BCUT2D eigenvalue weighted by molar-refractivity contribution is -0.138. The number of rotatable bonds is 2. The molecule has 0 amide bonds. The second-order valence-electron chi connectivity index (χ2n) is 4.69. The number of ether oxygens (including phenoxy) is 1. The monoisotopic (exact) mass is 258 g/mol. The van der Waals surface area contributed by atoms with Crippen molar-refractivity contribution >= 4 is 11.6 Å². The minimum Gasteiger partial charge on any atom is -0.385 e. The SMILES string of the molecule is CC1(C(O)c2cc(F)ccc2Cl)CCCCO1. The molecular formula is C13H16ClFO2. The molecule has 2 nitrogen and oxygen atoms in total. The van der Waals surface area contributed by atoms with Gasteiger partial charge in [-0.2, -0.15) is 0 Å². The second kappa shape index (κ2) is 4.92. The van der Waals surface area contributed by atoms with Crippen LogP contribution in [0.4, 0.5) is 4.39 Å². The number of aliphatic hydroxyl groups is 1. The highest BCUT2D eigenvalue weighted by Crippen LogP contribution is 2.39. The molecule has 1 aromatic carbocycles. The summed E-state index contributed by atoms with van der Waals surface area (Å²) in [6.45, 7) is 2.47. The molecular weight excluding hydrogens is 243 g/mol. The molecule has 0 spiro atoms. The maximum atomic E-state index is 13.2. The standard InChI is InChI=1S/C13H16ClFO2/c1-13(6-2-3-7-17-13)12(16)10-8-9(15)4-5-11(10)14/h4-5,8,12,16H,2-3,6-7H2,1H3. The highest BCUT2D eigenvalue weighted by Gasteiger charge is 2.37. The average molecular weight is 259 g/mol. The molecule has 1 saturated heterocycles. The van der Waals surface area contributed by atoms with Gasteiger partial charge in [0.2, 0.25) is 0 Å². The van der Waals surface area contributed by atoms with E-state index in [9.17, 15) is 9.50 Å². The molecule has 0 aromatic heterocycles. The van der Waals surface area contributed by atoms with Crippen molar-refractivity contribution in [1.82, 2.24) is 0 Å². The smallest absolute Gasteiger partial charge is 0.123 e. The zero-order valence-corrected chi connectivity index (χ0v) is 10.5. The van der Waals surface area contributed by atoms with Crippen LogP contribution in [0, 0.1) is 5.82 Å². The molecule has 1 aromatic rings. The van der Waals surface area contributed by atoms with Crippen LogP contribution in [0.5, 0.6) is 0 Å². The molecule has 1 fully saturated rings. The number of hydrogen-bond acceptors (Lipinski definition) is 2. The van der Waals surface area contributed by atoms with E-state index in [4.69, 9.17) is 16.3 Å². The van der Waals surface area contributed by atoms with E-state index >= 15 is 0 Å².